The van der Waals surface area contributed by atoms with Gasteiger partial charge in [0.15, 0.2) is 0 Å². The van der Waals surface area contributed by atoms with E-state index in [0.29, 0.717) is 11.9 Å². The number of thiophene rings is 1. The highest BCUT2D eigenvalue weighted by atomic mass is 32.1. The summed E-state index contributed by atoms with van der Waals surface area (Å²) in [4.78, 5) is 20.7. The number of nitrogens with one attached hydrogen (secondary N) is 2. The van der Waals surface area contributed by atoms with Crippen LogP contribution in [0.3, 0.4) is 0 Å². The molecule has 0 fully saturated rings. The summed E-state index contributed by atoms with van der Waals surface area (Å²) in [5.74, 6) is 1.11. The van der Waals surface area contributed by atoms with Gasteiger partial charge in [-0.15, -0.1) is 11.3 Å². The molecule has 30 heavy (non-hydrogen) atoms. The molecule has 1 aliphatic rings. The second kappa shape index (κ2) is 7.91. The Morgan fingerprint density at radius 3 is 2.70 bits per heavy atom. The Balaban J connectivity index is 1.87. The maximum atomic E-state index is 13.7. The Morgan fingerprint density at radius 1 is 1.30 bits per heavy atom. The van der Waals surface area contributed by atoms with Gasteiger partial charge in [-0.1, -0.05) is 52.5 Å². The second-order valence-corrected chi connectivity index (χ2v) is 10.2. The van der Waals surface area contributed by atoms with E-state index >= 15 is 0 Å². The highest BCUT2D eigenvalue weighted by molar-refractivity contribution is 7.18. The minimum atomic E-state index is -0.00989. The fourth-order valence-corrected chi connectivity index (χ4v) is 5.39. The van der Waals surface area contributed by atoms with Crippen LogP contribution in [0.4, 0.5) is 5.95 Å². The van der Waals surface area contributed by atoms with Crippen molar-refractivity contribution >= 4 is 27.5 Å². The molecule has 0 saturated carbocycles. The number of rotatable bonds is 5. The molecule has 0 radical (unpaired) electrons. The molecule has 2 aromatic heterocycles. The standard InChI is InChI=1S/C24H30N4OS/c1-6-15(2)26-27-23-25-21-20(22(29)28(23)17-10-8-7-9-11-17)18-13-12-16(24(3,4)5)14-19(18)30-21/h7-11,16,26H,2,6,12-14H2,1,3-5H3,(H,25,27)/t16-/m1/s1. The third-order valence-electron chi connectivity index (χ3n) is 6.10. The van der Waals surface area contributed by atoms with Crippen molar-refractivity contribution in [3.63, 3.8) is 0 Å². The summed E-state index contributed by atoms with van der Waals surface area (Å²) in [5, 5.41) is 0.783. The van der Waals surface area contributed by atoms with E-state index in [4.69, 9.17) is 4.98 Å². The number of benzene rings is 1. The van der Waals surface area contributed by atoms with Gasteiger partial charge in [0, 0.05) is 10.6 Å². The van der Waals surface area contributed by atoms with Crippen LogP contribution in [-0.4, -0.2) is 9.55 Å². The largest absolute Gasteiger partial charge is 0.303 e. The predicted octanol–water partition coefficient (Wildman–Crippen LogP) is 5.44. The van der Waals surface area contributed by atoms with E-state index in [1.54, 1.807) is 15.9 Å². The predicted molar refractivity (Wildman–Crippen MR) is 126 cm³/mol. The lowest BCUT2D eigenvalue weighted by Gasteiger charge is -2.33. The van der Waals surface area contributed by atoms with Crippen molar-refractivity contribution in [2.45, 2.75) is 53.4 Å². The lowest BCUT2D eigenvalue weighted by Crippen LogP contribution is -2.30. The van der Waals surface area contributed by atoms with E-state index < -0.39 is 0 Å². The van der Waals surface area contributed by atoms with Crippen molar-refractivity contribution in [1.82, 2.24) is 15.0 Å². The first-order chi connectivity index (χ1) is 14.3. The van der Waals surface area contributed by atoms with Crippen LogP contribution in [0.5, 0.6) is 0 Å². The van der Waals surface area contributed by atoms with Crippen molar-refractivity contribution in [3.8, 4) is 5.69 Å². The number of aryl methyl sites for hydroxylation is 1. The zero-order valence-electron chi connectivity index (χ0n) is 18.2. The summed E-state index contributed by atoms with van der Waals surface area (Å²) in [6.45, 7) is 12.9. The van der Waals surface area contributed by atoms with E-state index in [-0.39, 0.29) is 11.0 Å². The van der Waals surface area contributed by atoms with Crippen LogP contribution in [0, 0.1) is 11.3 Å². The monoisotopic (exact) mass is 422 g/mol. The third-order valence-corrected chi connectivity index (χ3v) is 7.25. The molecule has 1 aliphatic carbocycles. The third kappa shape index (κ3) is 3.76. The van der Waals surface area contributed by atoms with Gasteiger partial charge < -0.3 is 5.43 Å². The lowest BCUT2D eigenvalue weighted by atomic mass is 9.72. The van der Waals surface area contributed by atoms with Crippen molar-refractivity contribution < 1.29 is 0 Å². The summed E-state index contributed by atoms with van der Waals surface area (Å²) < 4.78 is 1.67. The second-order valence-electron chi connectivity index (χ2n) is 9.11. The summed E-state index contributed by atoms with van der Waals surface area (Å²) in [6, 6.07) is 9.69. The van der Waals surface area contributed by atoms with Crippen molar-refractivity contribution in [3.05, 3.63) is 63.4 Å². The SMILES string of the molecule is C=C(CC)NNc1nc2sc3c(c2c(=O)n1-c1ccccc1)CC[C@@H](C(C)(C)C)C3. The molecule has 1 atom stereocenters. The normalized spacial score (nSPS) is 16.3. The molecule has 6 heteroatoms. The molecular weight excluding hydrogens is 392 g/mol. The van der Waals surface area contributed by atoms with E-state index in [1.165, 1.54) is 10.4 Å². The van der Waals surface area contributed by atoms with E-state index in [9.17, 15) is 4.79 Å². The highest BCUT2D eigenvalue weighted by Gasteiger charge is 2.32. The lowest BCUT2D eigenvalue weighted by molar-refractivity contribution is 0.218. The number of fused-ring (bicyclic) bond motifs is 3. The average molecular weight is 423 g/mol. The topological polar surface area (TPSA) is 59.0 Å². The highest BCUT2D eigenvalue weighted by Crippen LogP contribution is 2.42. The van der Waals surface area contributed by atoms with Crippen molar-refractivity contribution in [1.29, 1.82) is 0 Å². The Labute approximate surface area is 181 Å². The van der Waals surface area contributed by atoms with Crippen molar-refractivity contribution in [2.24, 2.45) is 11.3 Å². The van der Waals surface area contributed by atoms with Gasteiger partial charge in [-0.3, -0.25) is 10.2 Å². The van der Waals surface area contributed by atoms with Gasteiger partial charge >= 0.3 is 0 Å². The number of nitrogens with zero attached hydrogens (tertiary/aromatic N) is 2. The molecule has 0 saturated heterocycles. The number of hydrazine groups is 1. The van der Waals surface area contributed by atoms with Gasteiger partial charge in [0.2, 0.25) is 5.95 Å². The molecule has 5 nitrogen and oxygen atoms in total. The molecule has 0 aliphatic heterocycles. The zero-order valence-corrected chi connectivity index (χ0v) is 19.0. The van der Waals surface area contributed by atoms with Crippen LogP contribution in [0.15, 0.2) is 47.4 Å². The Kier molecular flexibility index (Phi) is 5.45. The number of hydrogen-bond donors (Lipinski definition) is 2. The molecule has 2 heterocycles. The van der Waals surface area contributed by atoms with Crippen LogP contribution in [-0.2, 0) is 12.8 Å². The minimum Gasteiger partial charge on any atom is -0.303 e. The maximum absolute atomic E-state index is 13.7. The van der Waals surface area contributed by atoms with Crippen LogP contribution >= 0.6 is 11.3 Å². The van der Waals surface area contributed by atoms with Crippen LogP contribution in [0.25, 0.3) is 15.9 Å². The first kappa shape index (κ1) is 20.7. The van der Waals surface area contributed by atoms with Gasteiger partial charge in [0.25, 0.3) is 5.56 Å². The Morgan fingerprint density at radius 2 is 2.03 bits per heavy atom. The molecule has 0 bridgehead atoms. The van der Waals surface area contributed by atoms with Crippen LogP contribution in [0.1, 0.15) is 51.0 Å². The molecule has 158 valence electrons. The van der Waals surface area contributed by atoms with Crippen molar-refractivity contribution in [2.75, 3.05) is 5.43 Å². The van der Waals surface area contributed by atoms with Gasteiger partial charge in [0.1, 0.15) is 4.83 Å². The number of para-hydroxylation sites is 1. The van der Waals surface area contributed by atoms with Crippen LogP contribution < -0.4 is 16.4 Å². The van der Waals surface area contributed by atoms with E-state index in [1.807, 2.05) is 37.3 Å². The van der Waals surface area contributed by atoms with E-state index in [2.05, 4.69) is 38.2 Å². The smallest absolute Gasteiger partial charge is 0.268 e. The molecular formula is C24H30N4OS. The summed E-state index contributed by atoms with van der Waals surface area (Å²) >= 11 is 1.68. The number of allylic oxidation sites excluding steroid dienone is 1. The van der Waals surface area contributed by atoms with E-state index in [0.717, 1.165) is 47.3 Å². The summed E-state index contributed by atoms with van der Waals surface area (Å²) in [6.07, 6.45) is 3.87. The summed E-state index contributed by atoms with van der Waals surface area (Å²) in [5.41, 5.74) is 9.29. The average Bonchev–Trinajstić information content (AvgIpc) is 3.09. The zero-order chi connectivity index (χ0) is 21.5. The fraction of sp³-hybridized carbons (Fsp3) is 0.417. The maximum Gasteiger partial charge on any atom is 0.268 e. The molecule has 4 rings (SSSR count). The Hall–Kier alpha value is -2.60. The molecule has 0 spiro atoms. The molecule has 2 N–H and O–H groups in total. The quantitative estimate of drug-likeness (QED) is 0.538. The Bertz CT molecular complexity index is 1140. The van der Waals surface area contributed by atoms with Crippen LogP contribution in [0.2, 0.25) is 0 Å². The molecule has 0 unspecified atom stereocenters. The number of aromatic nitrogens is 2. The minimum absolute atomic E-state index is 0.00989. The van der Waals surface area contributed by atoms with Gasteiger partial charge in [-0.2, -0.15) is 0 Å². The molecule has 0 amide bonds. The molecule has 1 aromatic carbocycles. The van der Waals surface area contributed by atoms with Gasteiger partial charge in [-0.25, -0.2) is 9.55 Å². The molecule has 3 aromatic rings. The van der Waals surface area contributed by atoms with Gasteiger partial charge in [-0.05, 0) is 54.7 Å². The number of hydrogen-bond acceptors (Lipinski definition) is 5. The first-order valence-corrected chi connectivity index (χ1v) is 11.4. The number of anilines is 1. The summed E-state index contributed by atoms with van der Waals surface area (Å²) in [7, 11) is 0. The first-order valence-electron chi connectivity index (χ1n) is 10.6. The fourth-order valence-electron chi connectivity index (χ4n) is 4.10. The van der Waals surface area contributed by atoms with Gasteiger partial charge in [0.05, 0.1) is 11.1 Å².